The Kier molecular flexibility index (Phi) is 5.00. The van der Waals surface area contributed by atoms with E-state index in [0.717, 1.165) is 6.07 Å². The molecule has 2 aromatic carbocycles. The van der Waals surface area contributed by atoms with Crippen molar-refractivity contribution >= 4 is 5.97 Å². The number of halogens is 3. The molecule has 0 amide bonds. The van der Waals surface area contributed by atoms with E-state index >= 15 is 0 Å². The number of rotatable bonds is 6. The number of carboxylic acids is 1. The first kappa shape index (κ1) is 19.3. The number of hydrogen-bond donors (Lipinski definition) is 1. The zero-order valence-electron chi connectivity index (χ0n) is 15.0. The van der Waals surface area contributed by atoms with Crippen LogP contribution in [-0.2, 0) is 6.54 Å². The lowest BCUT2D eigenvalue weighted by Gasteiger charge is -2.04. The van der Waals surface area contributed by atoms with Crippen LogP contribution in [0, 0.1) is 5.82 Å². The molecule has 0 unspecified atom stereocenters. The maximum absolute atomic E-state index is 14.5. The van der Waals surface area contributed by atoms with E-state index in [1.165, 1.54) is 28.9 Å². The Bertz CT molecular complexity index is 1220. The monoisotopic (exact) mass is 415 g/mol. The Morgan fingerprint density at radius 3 is 2.63 bits per heavy atom. The molecule has 0 bridgehead atoms. The number of alkyl halides is 2. The third kappa shape index (κ3) is 3.90. The van der Waals surface area contributed by atoms with E-state index in [0.29, 0.717) is 11.3 Å². The predicted molar refractivity (Wildman–Crippen MR) is 96.2 cm³/mol. The van der Waals surface area contributed by atoms with E-state index < -0.39 is 24.1 Å². The first-order chi connectivity index (χ1) is 14.4. The van der Waals surface area contributed by atoms with E-state index in [4.69, 9.17) is 9.52 Å². The van der Waals surface area contributed by atoms with Crippen LogP contribution in [0.25, 0.3) is 22.7 Å². The average molecular weight is 415 g/mol. The van der Waals surface area contributed by atoms with Crippen LogP contribution in [0.3, 0.4) is 0 Å². The van der Waals surface area contributed by atoms with Gasteiger partial charge in [0.1, 0.15) is 11.5 Å². The molecule has 0 aliphatic rings. The summed E-state index contributed by atoms with van der Waals surface area (Å²) in [5.74, 6) is -2.73. The van der Waals surface area contributed by atoms with Crippen molar-refractivity contribution in [3.05, 3.63) is 71.5 Å². The van der Waals surface area contributed by atoms with Crippen LogP contribution in [0.5, 0.6) is 0 Å². The quantitative estimate of drug-likeness (QED) is 0.510. The van der Waals surface area contributed by atoms with Gasteiger partial charge in [-0.25, -0.2) is 13.9 Å². The van der Waals surface area contributed by atoms with Gasteiger partial charge in [0, 0.05) is 16.7 Å². The minimum absolute atomic E-state index is 0.0455. The van der Waals surface area contributed by atoms with Crippen molar-refractivity contribution in [3.8, 4) is 22.7 Å². The summed E-state index contributed by atoms with van der Waals surface area (Å²) < 4.78 is 45.8. The molecule has 0 fully saturated rings. The molecule has 0 atom stereocenters. The van der Waals surface area contributed by atoms with Gasteiger partial charge in [-0.15, -0.1) is 15.3 Å². The maximum atomic E-state index is 14.5. The standard InChI is InChI=1S/C19H12F3N5O3/c20-14-7-11(17-24-25-18(30-17)16(21)22)4-5-13(14)8-27-9-15(23-26-27)10-2-1-3-12(6-10)19(28)29/h1-7,9,16H,8H2,(H,28,29). The molecule has 0 saturated heterocycles. The second-order valence-electron chi connectivity index (χ2n) is 6.24. The second kappa shape index (κ2) is 7.78. The van der Waals surface area contributed by atoms with E-state index in [9.17, 15) is 18.0 Å². The molecule has 4 aromatic rings. The Labute approximate surface area is 166 Å². The van der Waals surface area contributed by atoms with Gasteiger partial charge in [-0.3, -0.25) is 0 Å². The van der Waals surface area contributed by atoms with Crippen LogP contribution < -0.4 is 0 Å². The summed E-state index contributed by atoms with van der Waals surface area (Å²) in [5, 5.41) is 23.7. The number of hydrogen-bond acceptors (Lipinski definition) is 6. The minimum Gasteiger partial charge on any atom is -0.478 e. The number of carboxylic acid groups (broad SMARTS) is 1. The van der Waals surface area contributed by atoms with Crippen LogP contribution >= 0.6 is 0 Å². The van der Waals surface area contributed by atoms with E-state index in [2.05, 4.69) is 20.5 Å². The van der Waals surface area contributed by atoms with Gasteiger partial charge in [0.25, 0.3) is 5.89 Å². The fourth-order valence-corrected chi connectivity index (χ4v) is 2.74. The van der Waals surface area contributed by atoms with Crippen LogP contribution in [0.15, 0.2) is 53.1 Å². The van der Waals surface area contributed by atoms with Crippen LogP contribution in [0.2, 0.25) is 0 Å². The number of aromatic carboxylic acids is 1. The average Bonchev–Trinajstić information content (AvgIpc) is 3.39. The lowest BCUT2D eigenvalue weighted by atomic mass is 10.1. The first-order valence-corrected chi connectivity index (χ1v) is 8.55. The summed E-state index contributed by atoms with van der Waals surface area (Å²) in [6.45, 7) is 0.0455. The van der Waals surface area contributed by atoms with Crippen molar-refractivity contribution in [1.29, 1.82) is 0 Å². The number of benzene rings is 2. The molecule has 0 aliphatic carbocycles. The fraction of sp³-hybridized carbons (Fsp3) is 0.105. The third-order valence-corrected chi connectivity index (χ3v) is 4.20. The van der Waals surface area contributed by atoms with E-state index in [1.54, 1.807) is 18.3 Å². The van der Waals surface area contributed by atoms with E-state index in [1.807, 2.05) is 0 Å². The highest BCUT2D eigenvalue weighted by Crippen LogP contribution is 2.25. The summed E-state index contributed by atoms with van der Waals surface area (Å²) in [4.78, 5) is 11.1. The van der Waals surface area contributed by atoms with E-state index in [-0.39, 0.29) is 29.1 Å². The van der Waals surface area contributed by atoms with Crippen LogP contribution in [-0.4, -0.2) is 36.3 Å². The third-order valence-electron chi connectivity index (χ3n) is 4.20. The Morgan fingerprint density at radius 1 is 1.10 bits per heavy atom. The minimum atomic E-state index is -2.91. The van der Waals surface area contributed by atoms with Gasteiger partial charge in [0.15, 0.2) is 0 Å². The largest absolute Gasteiger partial charge is 0.478 e. The highest BCUT2D eigenvalue weighted by molar-refractivity contribution is 5.89. The molecule has 2 aromatic heterocycles. The lowest BCUT2D eigenvalue weighted by molar-refractivity contribution is 0.0697. The molecule has 2 heterocycles. The molecule has 0 radical (unpaired) electrons. The Balaban J connectivity index is 1.54. The number of aromatic nitrogens is 5. The Morgan fingerprint density at radius 2 is 1.93 bits per heavy atom. The SMILES string of the molecule is O=C(O)c1cccc(-c2cn(Cc3ccc(-c4nnc(C(F)F)o4)cc3F)nn2)c1. The molecule has 152 valence electrons. The first-order valence-electron chi connectivity index (χ1n) is 8.55. The van der Waals surface area contributed by atoms with Crippen LogP contribution in [0.1, 0.15) is 28.2 Å². The molecule has 4 rings (SSSR count). The molecule has 0 spiro atoms. The maximum Gasteiger partial charge on any atom is 0.335 e. The van der Waals surface area contributed by atoms with Gasteiger partial charge < -0.3 is 9.52 Å². The van der Waals surface area contributed by atoms with Gasteiger partial charge in [-0.05, 0) is 24.3 Å². The normalized spacial score (nSPS) is 11.2. The molecule has 8 nitrogen and oxygen atoms in total. The highest BCUT2D eigenvalue weighted by atomic mass is 19.3. The molecule has 0 saturated carbocycles. The highest BCUT2D eigenvalue weighted by Gasteiger charge is 2.18. The lowest BCUT2D eigenvalue weighted by Crippen LogP contribution is -2.03. The summed E-state index contributed by atoms with van der Waals surface area (Å²) >= 11 is 0. The van der Waals surface area contributed by atoms with Crippen molar-refractivity contribution in [1.82, 2.24) is 25.2 Å². The van der Waals surface area contributed by atoms with Crippen molar-refractivity contribution in [2.45, 2.75) is 13.0 Å². The van der Waals surface area contributed by atoms with Crippen molar-refractivity contribution < 1.29 is 27.5 Å². The zero-order valence-corrected chi connectivity index (χ0v) is 15.0. The summed E-state index contributed by atoms with van der Waals surface area (Å²) in [6.07, 6.45) is -1.35. The summed E-state index contributed by atoms with van der Waals surface area (Å²) in [7, 11) is 0. The van der Waals surface area contributed by atoms with Crippen LogP contribution in [0.4, 0.5) is 13.2 Å². The molecule has 11 heteroatoms. The number of carbonyl (C=O) groups is 1. The van der Waals surface area contributed by atoms with Crippen molar-refractivity contribution in [2.24, 2.45) is 0 Å². The zero-order chi connectivity index (χ0) is 21.3. The molecular weight excluding hydrogens is 403 g/mol. The number of nitrogens with zero attached hydrogens (tertiary/aromatic N) is 5. The van der Waals surface area contributed by atoms with Gasteiger partial charge in [0.2, 0.25) is 5.89 Å². The predicted octanol–water partition coefficient (Wildman–Crippen LogP) is 3.82. The molecular formula is C19H12F3N5O3. The van der Waals surface area contributed by atoms with Gasteiger partial charge in [-0.1, -0.05) is 23.4 Å². The molecule has 30 heavy (non-hydrogen) atoms. The molecule has 1 N–H and O–H groups in total. The van der Waals surface area contributed by atoms with Gasteiger partial charge in [-0.2, -0.15) is 8.78 Å². The van der Waals surface area contributed by atoms with Gasteiger partial charge in [0.05, 0.1) is 18.3 Å². The Hall–Kier alpha value is -4.02. The topological polar surface area (TPSA) is 107 Å². The smallest absolute Gasteiger partial charge is 0.335 e. The molecule has 0 aliphatic heterocycles. The van der Waals surface area contributed by atoms with Gasteiger partial charge >= 0.3 is 12.4 Å². The fourth-order valence-electron chi connectivity index (χ4n) is 2.74. The van der Waals surface area contributed by atoms with Crippen molar-refractivity contribution in [2.75, 3.05) is 0 Å². The van der Waals surface area contributed by atoms with Crippen molar-refractivity contribution in [3.63, 3.8) is 0 Å². The second-order valence-corrected chi connectivity index (χ2v) is 6.24. The summed E-state index contributed by atoms with van der Waals surface area (Å²) in [6, 6.07) is 10.2. The summed E-state index contributed by atoms with van der Waals surface area (Å²) in [5.41, 5.74) is 1.53.